The average Bonchev–Trinajstić information content (AvgIpc) is 2.62. The van der Waals surface area contributed by atoms with E-state index in [1.165, 1.54) is 6.92 Å². The van der Waals surface area contributed by atoms with Crippen molar-refractivity contribution in [2.75, 3.05) is 16.8 Å². The number of carbonyl (C=O) groups excluding carboxylic acids is 2. The van der Waals surface area contributed by atoms with E-state index in [0.29, 0.717) is 17.8 Å². The van der Waals surface area contributed by atoms with Crippen molar-refractivity contribution in [2.45, 2.75) is 33.6 Å². The van der Waals surface area contributed by atoms with Crippen LogP contribution in [-0.4, -0.2) is 18.4 Å². The molecule has 0 saturated heterocycles. The molecule has 1 N–H and O–H groups in total. The van der Waals surface area contributed by atoms with E-state index in [-0.39, 0.29) is 18.2 Å². The molecule has 2 rings (SSSR count). The summed E-state index contributed by atoms with van der Waals surface area (Å²) in [6.07, 6.45) is 0.988. The Morgan fingerprint density at radius 1 is 1.19 bits per heavy atom. The lowest BCUT2D eigenvalue weighted by Crippen LogP contribution is -2.33. The van der Waals surface area contributed by atoms with Crippen molar-refractivity contribution in [1.29, 1.82) is 5.26 Å². The molecule has 0 spiro atoms. The first-order chi connectivity index (χ1) is 12.5. The molecule has 5 heteroatoms. The van der Waals surface area contributed by atoms with E-state index in [0.717, 1.165) is 23.2 Å². The van der Waals surface area contributed by atoms with Gasteiger partial charge in [0.05, 0.1) is 11.6 Å². The quantitative estimate of drug-likeness (QED) is 0.862. The van der Waals surface area contributed by atoms with Gasteiger partial charge in [0.15, 0.2) is 0 Å². The molecule has 0 saturated carbocycles. The lowest BCUT2D eigenvalue weighted by molar-refractivity contribution is -0.117. The Labute approximate surface area is 154 Å². The number of hydrogen-bond acceptors (Lipinski definition) is 3. The summed E-state index contributed by atoms with van der Waals surface area (Å²) in [5.74, 6) is -0.286. The Morgan fingerprint density at radius 3 is 2.58 bits per heavy atom. The maximum atomic E-state index is 12.3. The maximum Gasteiger partial charge on any atom is 0.226 e. The van der Waals surface area contributed by atoms with Crippen LogP contribution in [-0.2, 0) is 16.0 Å². The van der Waals surface area contributed by atoms with Gasteiger partial charge in [0.25, 0.3) is 0 Å². The number of anilines is 2. The van der Waals surface area contributed by atoms with Gasteiger partial charge in [-0.1, -0.05) is 31.2 Å². The van der Waals surface area contributed by atoms with Gasteiger partial charge in [-0.3, -0.25) is 9.59 Å². The van der Waals surface area contributed by atoms with Crippen LogP contribution in [0.25, 0.3) is 0 Å². The fourth-order valence-corrected chi connectivity index (χ4v) is 2.92. The van der Waals surface area contributed by atoms with Gasteiger partial charge in [0, 0.05) is 31.3 Å². The summed E-state index contributed by atoms with van der Waals surface area (Å²) in [6, 6.07) is 14.7. The van der Waals surface area contributed by atoms with E-state index in [2.05, 4.69) is 5.32 Å². The van der Waals surface area contributed by atoms with E-state index in [4.69, 9.17) is 5.26 Å². The van der Waals surface area contributed by atoms with Crippen LogP contribution >= 0.6 is 0 Å². The van der Waals surface area contributed by atoms with Crippen LogP contribution in [0.15, 0.2) is 42.5 Å². The molecule has 0 aliphatic rings. The van der Waals surface area contributed by atoms with Crippen molar-refractivity contribution in [3.05, 3.63) is 59.2 Å². The minimum Gasteiger partial charge on any atom is -0.326 e. The summed E-state index contributed by atoms with van der Waals surface area (Å²) in [5.41, 5.74) is 4.06. The van der Waals surface area contributed by atoms with Gasteiger partial charge in [-0.25, -0.2) is 0 Å². The Kier molecular flexibility index (Phi) is 6.51. The second-order valence-corrected chi connectivity index (χ2v) is 6.10. The van der Waals surface area contributed by atoms with Crippen LogP contribution in [0.4, 0.5) is 11.4 Å². The van der Waals surface area contributed by atoms with Crippen molar-refractivity contribution in [2.24, 2.45) is 0 Å². The highest BCUT2D eigenvalue weighted by Gasteiger charge is 2.18. The first-order valence-electron chi connectivity index (χ1n) is 8.62. The minimum absolute atomic E-state index is 0.0896. The van der Waals surface area contributed by atoms with Crippen LogP contribution in [0.2, 0.25) is 0 Å². The Morgan fingerprint density at radius 2 is 1.92 bits per heavy atom. The smallest absolute Gasteiger partial charge is 0.226 e. The molecule has 2 aromatic carbocycles. The molecular formula is C21H23N3O2. The molecule has 0 fully saturated rings. The molecule has 0 bridgehead atoms. The lowest BCUT2D eigenvalue weighted by atomic mass is 10.0. The summed E-state index contributed by atoms with van der Waals surface area (Å²) in [6.45, 7) is 5.83. The molecule has 0 radical (unpaired) electrons. The SMILES string of the molecule is CCc1cccc(C)c1N(CCC(=O)Nc1cccc(C#N)c1)C(C)=O. The van der Waals surface area contributed by atoms with Crippen molar-refractivity contribution in [3.63, 3.8) is 0 Å². The van der Waals surface area contributed by atoms with Crippen LogP contribution in [0.5, 0.6) is 0 Å². The zero-order chi connectivity index (χ0) is 19.1. The number of rotatable bonds is 6. The van der Waals surface area contributed by atoms with Crippen LogP contribution in [0.1, 0.15) is 37.0 Å². The molecule has 0 aromatic heterocycles. The number of nitrogens with zero attached hydrogens (tertiary/aromatic N) is 2. The Bertz CT molecular complexity index is 853. The zero-order valence-electron chi connectivity index (χ0n) is 15.4. The summed E-state index contributed by atoms with van der Waals surface area (Å²) < 4.78 is 0. The maximum absolute atomic E-state index is 12.3. The zero-order valence-corrected chi connectivity index (χ0v) is 15.4. The first-order valence-corrected chi connectivity index (χ1v) is 8.62. The third-order valence-corrected chi connectivity index (χ3v) is 4.19. The van der Waals surface area contributed by atoms with Gasteiger partial charge >= 0.3 is 0 Å². The third kappa shape index (κ3) is 4.70. The van der Waals surface area contributed by atoms with Crippen LogP contribution < -0.4 is 10.2 Å². The highest BCUT2D eigenvalue weighted by atomic mass is 16.2. The number of nitrogens with one attached hydrogen (secondary N) is 1. The van der Waals surface area contributed by atoms with Gasteiger partial charge in [-0.2, -0.15) is 5.26 Å². The highest BCUT2D eigenvalue weighted by Crippen LogP contribution is 2.26. The van der Waals surface area contributed by atoms with E-state index in [9.17, 15) is 9.59 Å². The molecular weight excluding hydrogens is 326 g/mol. The standard InChI is InChI=1S/C21H23N3O2/c1-4-18-9-5-7-15(2)21(18)24(16(3)25)12-11-20(26)23-19-10-6-8-17(13-19)14-22/h5-10,13H,4,11-12H2,1-3H3,(H,23,26). The van der Waals surface area contributed by atoms with Gasteiger partial charge in [-0.15, -0.1) is 0 Å². The molecule has 26 heavy (non-hydrogen) atoms. The lowest BCUT2D eigenvalue weighted by Gasteiger charge is -2.25. The fourth-order valence-electron chi connectivity index (χ4n) is 2.92. The predicted octanol–water partition coefficient (Wildman–Crippen LogP) is 3.81. The number of hydrogen-bond donors (Lipinski definition) is 1. The van der Waals surface area contributed by atoms with Gasteiger partial charge in [-0.05, 0) is 42.7 Å². The third-order valence-electron chi connectivity index (χ3n) is 4.19. The first kappa shape index (κ1) is 19.2. The molecule has 0 aliphatic heterocycles. The van der Waals surface area contributed by atoms with E-state index in [1.807, 2.05) is 38.1 Å². The van der Waals surface area contributed by atoms with Gasteiger partial charge in [0.2, 0.25) is 11.8 Å². The molecule has 2 aromatic rings. The average molecular weight is 349 g/mol. The largest absolute Gasteiger partial charge is 0.326 e. The number of nitriles is 1. The molecule has 0 unspecified atom stereocenters. The number of benzene rings is 2. The second kappa shape index (κ2) is 8.82. The van der Waals surface area contributed by atoms with Gasteiger partial charge in [0.1, 0.15) is 0 Å². The normalized spacial score (nSPS) is 10.1. The summed E-state index contributed by atoms with van der Waals surface area (Å²) in [4.78, 5) is 26.1. The molecule has 2 amide bonds. The van der Waals surface area contributed by atoms with E-state index >= 15 is 0 Å². The molecule has 134 valence electrons. The van der Waals surface area contributed by atoms with E-state index < -0.39 is 0 Å². The Hall–Kier alpha value is -3.13. The molecule has 0 aliphatic carbocycles. The fraction of sp³-hybridized carbons (Fsp3) is 0.286. The topological polar surface area (TPSA) is 73.2 Å². The number of amides is 2. The second-order valence-electron chi connectivity index (χ2n) is 6.10. The van der Waals surface area contributed by atoms with Crippen molar-refractivity contribution < 1.29 is 9.59 Å². The molecule has 0 atom stereocenters. The molecule has 0 heterocycles. The summed E-state index contributed by atoms with van der Waals surface area (Å²) in [5, 5.41) is 11.7. The highest BCUT2D eigenvalue weighted by molar-refractivity contribution is 5.96. The molecule has 5 nitrogen and oxygen atoms in total. The predicted molar refractivity (Wildman–Crippen MR) is 103 cm³/mol. The number of aryl methyl sites for hydroxylation is 2. The monoisotopic (exact) mass is 349 g/mol. The van der Waals surface area contributed by atoms with Crippen LogP contribution in [0, 0.1) is 18.3 Å². The summed E-state index contributed by atoms with van der Waals surface area (Å²) >= 11 is 0. The van der Waals surface area contributed by atoms with Crippen molar-refractivity contribution in [3.8, 4) is 6.07 Å². The Balaban J connectivity index is 2.11. The minimum atomic E-state index is -0.196. The van der Waals surface area contributed by atoms with Crippen molar-refractivity contribution >= 4 is 23.2 Å². The van der Waals surface area contributed by atoms with Crippen molar-refractivity contribution in [1.82, 2.24) is 0 Å². The van der Waals surface area contributed by atoms with E-state index in [1.54, 1.807) is 29.2 Å². The summed E-state index contributed by atoms with van der Waals surface area (Å²) in [7, 11) is 0. The number of carbonyl (C=O) groups is 2. The number of para-hydroxylation sites is 1. The van der Waals surface area contributed by atoms with Gasteiger partial charge < -0.3 is 10.2 Å². The van der Waals surface area contributed by atoms with Crippen LogP contribution in [0.3, 0.4) is 0 Å².